The molecular weight excluding hydrogens is 284 g/mol. The zero-order chi connectivity index (χ0) is 14.9. The van der Waals surface area contributed by atoms with Crippen LogP contribution in [-0.4, -0.2) is 44.2 Å². The van der Waals surface area contributed by atoms with E-state index >= 15 is 0 Å². The molecule has 1 saturated heterocycles. The second-order valence-electron chi connectivity index (χ2n) is 5.65. The van der Waals surface area contributed by atoms with E-state index in [-0.39, 0.29) is 0 Å². The number of halogens is 1. The van der Waals surface area contributed by atoms with Crippen LogP contribution in [0.25, 0.3) is 0 Å². The zero-order valence-corrected chi connectivity index (χ0v) is 13.8. The molecule has 0 aliphatic carbocycles. The average Bonchev–Trinajstić information content (AvgIpc) is 2.75. The van der Waals surface area contributed by atoms with Gasteiger partial charge in [-0.2, -0.15) is 0 Å². The van der Waals surface area contributed by atoms with Crippen molar-refractivity contribution in [3.8, 4) is 5.75 Å². The Hall–Kier alpha value is -0.770. The first-order chi connectivity index (χ1) is 10.3. The van der Waals surface area contributed by atoms with Gasteiger partial charge in [-0.15, -0.1) is 0 Å². The lowest BCUT2D eigenvalue weighted by Crippen LogP contribution is -2.29. The topological polar surface area (TPSA) is 24.5 Å². The van der Waals surface area contributed by atoms with Gasteiger partial charge in [0.1, 0.15) is 5.75 Å². The van der Waals surface area contributed by atoms with Crippen LogP contribution in [0.15, 0.2) is 18.2 Å². The predicted octanol–water partition coefficient (Wildman–Crippen LogP) is 3.36. The molecule has 118 valence electrons. The minimum absolute atomic E-state index is 0.770. The molecule has 1 heterocycles. The van der Waals surface area contributed by atoms with Gasteiger partial charge in [-0.05, 0) is 69.1 Å². The highest BCUT2D eigenvalue weighted by Crippen LogP contribution is 2.24. The van der Waals surface area contributed by atoms with Gasteiger partial charge in [-0.1, -0.05) is 18.5 Å². The number of hydrogen-bond acceptors (Lipinski definition) is 3. The SMILES string of the molecule is CCCOc1ccc(Cl)cc1CCCN1CCCNCC1. The molecule has 1 aromatic carbocycles. The van der Waals surface area contributed by atoms with Crippen LogP contribution in [0.5, 0.6) is 5.75 Å². The summed E-state index contributed by atoms with van der Waals surface area (Å²) in [6, 6.07) is 5.97. The number of aryl methyl sites for hydroxylation is 1. The Kier molecular flexibility index (Phi) is 7.34. The number of hydrogen-bond donors (Lipinski definition) is 1. The number of rotatable bonds is 7. The van der Waals surface area contributed by atoms with Gasteiger partial charge in [-0.25, -0.2) is 0 Å². The summed E-state index contributed by atoms with van der Waals surface area (Å²) in [5.41, 5.74) is 1.24. The Morgan fingerprint density at radius 3 is 3.05 bits per heavy atom. The monoisotopic (exact) mass is 310 g/mol. The average molecular weight is 311 g/mol. The minimum Gasteiger partial charge on any atom is -0.493 e. The van der Waals surface area contributed by atoms with Crippen molar-refractivity contribution in [2.45, 2.75) is 32.6 Å². The Bertz CT molecular complexity index is 417. The predicted molar refractivity (Wildman–Crippen MR) is 89.5 cm³/mol. The van der Waals surface area contributed by atoms with Gasteiger partial charge in [0.25, 0.3) is 0 Å². The van der Waals surface area contributed by atoms with E-state index in [0.717, 1.165) is 62.8 Å². The Balaban J connectivity index is 1.84. The molecule has 2 rings (SSSR count). The fraction of sp³-hybridized carbons (Fsp3) is 0.647. The van der Waals surface area contributed by atoms with Crippen molar-refractivity contribution < 1.29 is 4.74 Å². The number of benzene rings is 1. The third-order valence-corrected chi connectivity index (χ3v) is 4.07. The highest BCUT2D eigenvalue weighted by atomic mass is 35.5. The molecule has 0 bridgehead atoms. The van der Waals surface area contributed by atoms with Crippen LogP contribution >= 0.6 is 11.6 Å². The molecule has 1 aromatic rings. The first kappa shape index (κ1) is 16.6. The maximum absolute atomic E-state index is 6.13. The van der Waals surface area contributed by atoms with E-state index < -0.39 is 0 Å². The van der Waals surface area contributed by atoms with Gasteiger partial charge in [0.15, 0.2) is 0 Å². The lowest BCUT2D eigenvalue weighted by Gasteiger charge is -2.19. The Morgan fingerprint density at radius 2 is 2.19 bits per heavy atom. The fourth-order valence-corrected chi connectivity index (χ4v) is 2.91. The van der Waals surface area contributed by atoms with Crippen LogP contribution in [0.4, 0.5) is 0 Å². The largest absolute Gasteiger partial charge is 0.493 e. The molecule has 0 amide bonds. The summed E-state index contributed by atoms with van der Waals surface area (Å²) >= 11 is 6.13. The van der Waals surface area contributed by atoms with Gasteiger partial charge in [-0.3, -0.25) is 0 Å². The van der Waals surface area contributed by atoms with E-state index in [1.807, 2.05) is 12.1 Å². The van der Waals surface area contributed by atoms with Crippen LogP contribution in [0.3, 0.4) is 0 Å². The highest BCUT2D eigenvalue weighted by molar-refractivity contribution is 6.30. The smallest absolute Gasteiger partial charge is 0.122 e. The molecule has 0 saturated carbocycles. The molecule has 3 nitrogen and oxygen atoms in total. The van der Waals surface area contributed by atoms with Crippen LogP contribution in [-0.2, 0) is 6.42 Å². The van der Waals surface area contributed by atoms with Crippen molar-refractivity contribution >= 4 is 11.6 Å². The Morgan fingerprint density at radius 1 is 1.29 bits per heavy atom. The van der Waals surface area contributed by atoms with Crippen molar-refractivity contribution in [3.63, 3.8) is 0 Å². The molecule has 1 aliphatic heterocycles. The summed E-state index contributed by atoms with van der Waals surface area (Å²) in [5.74, 6) is 0.999. The second kappa shape index (κ2) is 9.29. The minimum atomic E-state index is 0.770. The summed E-state index contributed by atoms with van der Waals surface area (Å²) in [4.78, 5) is 2.55. The summed E-state index contributed by atoms with van der Waals surface area (Å²) in [7, 11) is 0. The Labute approximate surface area is 133 Å². The van der Waals surface area contributed by atoms with E-state index in [1.54, 1.807) is 0 Å². The van der Waals surface area contributed by atoms with E-state index in [4.69, 9.17) is 16.3 Å². The first-order valence-corrected chi connectivity index (χ1v) is 8.51. The van der Waals surface area contributed by atoms with E-state index in [9.17, 15) is 0 Å². The van der Waals surface area contributed by atoms with Crippen LogP contribution in [0.2, 0.25) is 5.02 Å². The van der Waals surface area contributed by atoms with Gasteiger partial charge in [0, 0.05) is 18.1 Å². The van der Waals surface area contributed by atoms with E-state index in [1.165, 1.54) is 18.5 Å². The van der Waals surface area contributed by atoms with Gasteiger partial charge >= 0.3 is 0 Å². The maximum Gasteiger partial charge on any atom is 0.122 e. The van der Waals surface area contributed by atoms with Crippen molar-refractivity contribution in [1.29, 1.82) is 0 Å². The molecule has 1 N–H and O–H groups in total. The summed E-state index contributed by atoms with van der Waals surface area (Å²) < 4.78 is 5.82. The van der Waals surface area contributed by atoms with Crippen LogP contribution in [0, 0.1) is 0 Å². The lowest BCUT2D eigenvalue weighted by atomic mass is 10.1. The van der Waals surface area contributed by atoms with Crippen molar-refractivity contribution in [2.75, 3.05) is 39.3 Å². The number of nitrogens with zero attached hydrogens (tertiary/aromatic N) is 1. The van der Waals surface area contributed by atoms with Crippen molar-refractivity contribution in [3.05, 3.63) is 28.8 Å². The second-order valence-corrected chi connectivity index (χ2v) is 6.09. The molecule has 0 radical (unpaired) electrons. The summed E-state index contributed by atoms with van der Waals surface area (Å²) in [5, 5.41) is 4.24. The molecule has 1 fully saturated rings. The highest BCUT2D eigenvalue weighted by Gasteiger charge is 2.09. The first-order valence-electron chi connectivity index (χ1n) is 8.14. The fourth-order valence-electron chi connectivity index (χ4n) is 2.71. The van der Waals surface area contributed by atoms with Crippen molar-refractivity contribution in [2.24, 2.45) is 0 Å². The van der Waals surface area contributed by atoms with Gasteiger partial charge in [0.2, 0.25) is 0 Å². The van der Waals surface area contributed by atoms with E-state index in [2.05, 4.69) is 23.2 Å². The molecule has 21 heavy (non-hydrogen) atoms. The van der Waals surface area contributed by atoms with Gasteiger partial charge < -0.3 is 15.0 Å². The number of ether oxygens (including phenoxy) is 1. The quantitative estimate of drug-likeness (QED) is 0.836. The summed E-state index contributed by atoms with van der Waals surface area (Å²) in [6.45, 7) is 8.69. The molecule has 0 spiro atoms. The maximum atomic E-state index is 6.13. The third kappa shape index (κ3) is 5.85. The standard InChI is InChI=1S/C17H27ClN2O/c1-2-13-21-17-7-6-16(18)14-15(17)5-3-10-20-11-4-8-19-9-12-20/h6-7,14,19H,2-5,8-13H2,1H3. The van der Waals surface area contributed by atoms with Gasteiger partial charge in [0.05, 0.1) is 6.61 Å². The zero-order valence-electron chi connectivity index (χ0n) is 13.0. The molecule has 1 aliphatic rings. The molecule has 0 atom stereocenters. The van der Waals surface area contributed by atoms with Crippen LogP contribution < -0.4 is 10.1 Å². The number of nitrogens with one attached hydrogen (secondary N) is 1. The third-order valence-electron chi connectivity index (χ3n) is 3.84. The van der Waals surface area contributed by atoms with Crippen molar-refractivity contribution in [1.82, 2.24) is 10.2 Å². The van der Waals surface area contributed by atoms with Crippen LogP contribution in [0.1, 0.15) is 31.7 Å². The molecule has 4 heteroatoms. The normalized spacial score (nSPS) is 16.7. The molecular formula is C17H27ClN2O. The molecule has 0 unspecified atom stereocenters. The summed E-state index contributed by atoms with van der Waals surface area (Å²) in [6.07, 6.45) is 4.47. The molecule has 0 aromatic heterocycles. The van der Waals surface area contributed by atoms with E-state index in [0.29, 0.717) is 0 Å². The lowest BCUT2D eigenvalue weighted by molar-refractivity contribution is 0.286.